The Bertz CT molecular complexity index is 990. The second-order valence-electron chi connectivity index (χ2n) is 9.68. The van der Waals surface area contributed by atoms with Gasteiger partial charge >= 0.3 is 12.1 Å². The molecule has 1 unspecified atom stereocenters. The molecule has 0 fully saturated rings. The molecule has 3 N–H and O–H groups in total. The number of ether oxygens (including phenoxy) is 1. The number of fused-ring (bicyclic) bond motifs is 3. The zero-order valence-electron chi connectivity index (χ0n) is 20.8. The van der Waals surface area contributed by atoms with E-state index in [1.807, 2.05) is 45.0 Å². The number of carboxylic acid groups (broad SMARTS) is 1. The highest BCUT2D eigenvalue weighted by Crippen LogP contribution is 2.44. The number of hydrogen-bond donors (Lipinski definition) is 3. The largest absolute Gasteiger partial charge is 0.481 e. The van der Waals surface area contributed by atoms with Crippen molar-refractivity contribution in [1.82, 2.24) is 10.6 Å². The van der Waals surface area contributed by atoms with Gasteiger partial charge in [0.05, 0.1) is 0 Å². The first kappa shape index (κ1) is 26.3. The molecular formula is C28H36N2O5. The summed E-state index contributed by atoms with van der Waals surface area (Å²) in [7, 11) is 0. The molecule has 3 rings (SSSR count). The van der Waals surface area contributed by atoms with Crippen molar-refractivity contribution in [2.45, 2.75) is 58.4 Å². The molecule has 2 atom stereocenters. The molecule has 2 amide bonds. The fraction of sp³-hybridized carbons (Fsp3) is 0.464. The van der Waals surface area contributed by atoms with Gasteiger partial charge in [-0.15, -0.1) is 0 Å². The van der Waals surface area contributed by atoms with Crippen molar-refractivity contribution in [3.63, 3.8) is 0 Å². The number of benzene rings is 2. The van der Waals surface area contributed by atoms with Crippen molar-refractivity contribution in [2.75, 3.05) is 13.2 Å². The molecule has 1 aliphatic rings. The van der Waals surface area contributed by atoms with E-state index in [2.05, 4.69) is 34.9 Å². The van der Waals surface area contributed by atoms with Crippen LogP contribution in [0.2, 0.25) is 0 Å². The molecule has 0 saturated carbocycles. The van der Waals surface area contributed by atoms with Gasteiger partial charge in [-0.25, -0.2) is 4.79 Å². The van der Waals surface area contributed by atoms with Gasteiger partial charge in [0.15, 0.2) is 0 Å². The number of nitrogens with one attached hydrogen (secondary N) is 2. The van der Waals surface area contributed by atoms with Crippen LogP contribution in [0.5, 0.6) is 0 Å². The minimum atomic E-state index is -0.867. The summed E-state index contributed by atoms with van der Waals surface area (Å²) in [5, 5.41) is 14.7. The van der Waals surface area contributed by atoms with E-state index in [1.165, 1.54) is 11.1 Å². The lowest BCUT2D eigenvalue weighted by Gasteiger charge is -2.20. The van der Waals surface area contributed by atoms with Crippen LogP contribution in [0.4, 0.5) is 4.79 Å². The molecule has 0 aromatic heterocycles. The zero-order chi connectivity index (χ0) is 25.4. The second-order valence-corrected chi connectivity index (χ2v) is 9.68. The Hall–Kier alpha value is -3.35. The third-order valence-electron chi connectivity index (χ3n) is 6.45. The van der Waals surface area contributed by atoms with Crippen LogP contribution in [0.25, 0.3) is 11.1 Å². The number of aliphatic carboxylic acids is 1. The van der Waals surface area contributed by atoms with E-state index < -0.39 is 12.1 Å². The number of carboxylic acids is 1. The standard InChI is InChI=1S/C28H36N2O5/c1-4-20(15-26(31)29-16-19(13-18(2)3)14-27(32)33)30-28(34)35-17-25-23-11-7-5-9-21(23)22-10-6-8-12-24(22)25/h5-12,18-20,25H,4,13-17H2,1-3H3,(H,29,31)(H,30,34)(H,32,33)/t19?,20-/m1/s1. The Balaban J connectivity index is 1.50. The first-order chi connectivity index (χ1) is 16.8. The van der Waals surface area contributed by atoms with Crippen molar-refractivity contribution in [3.8, 4) is 11.1 Å². The monoisotopic (exact) mass is 480 g/mol. The highest BCUT2D eigenvalue weighted by molar-refractivity contribution is 5.79. The second kappa shape index (κ2) is 12.4. The van der Waals surface area contributed by atoms with Gasteiger partial charge < -0.3 is 20.5 Å². The summed E-state index contributed by atoms with van der Waals surface area (Å²) < 4.78 is 5.59. The Morgan fingerprint density at radius 3 is 2.11 bits per heavy atom. The van der Waals surface area contributed by atoms with E-state index in [9.17, 15) is 14.4 Å². The molecule has 7 nitrogen and oxygen atoms in total. The third kappa shape index (κ3) is 7.31. The van der Waals surface area contributed by atoms with E-state index in [-0.39, 0.29) is 43.2 Å². The Labute approximate surface area is 207 Å². The highest BCUT2D eigenvalue weighted by atomic mass is 16.5. The lowest BCUT2D eigenvalue weighted by molar-refractivity contribution is -0.138. The summed E-state index contributed by atoms with van der Waals surface area (Å²) >= 11 is 0. The minimum Gasteiger partial charge on any atom is -0.481 e. The van der Waals surface area contributed by atoms with Crippen LogP contribution in [0, 0.1) is 11.8 Å². The van der Waals surface area contributed by atoms with E-state index in [0.29, 0.717) is 18.9 Å². The van der Waals surface area contributed by atoms with Crippen LogP contribution < -0.4 is 10.6 Å². The van der Waals surface area contributed by atoms with Crippen molar-refractivity contribution in [3.05, 3.63) is 59.7 Å². The number of rotatable bonds is 12. The summed E-state index contributed by atoms with van der Waals surface area (Å²) in [5.74, 6) is -0.881. The van der Waals surface area contributed by atoms with Crippen LogP contribution in [-0.4, -0.2) is 42.3 Å². The Morgan fingerprint density at radius 1 is 0.971 bits per heavy atom. The number of amides is 2. The first-order valence-corrected chi connectivity index (χ1v) is 12.4. The summed E-state index contributed by atoms with van der Waals surface area (Å²) in [6, 6.07) is 15.9. The summed E-state index contributed by atoms with van der Waals surface area (Å²) in [6.45, 7) is 6.48. The predicted octanol–water partition coefficient (Wildman–Crippen LogP) is 4.95. The summed E-state index contributed by atoms with van der Waals surface area (Å²) in [4.78, 5) is 36.1. The SMILES string of the molecule is CC[C@H](CC(=O)NCC(CC(=O)O)CC(C)C)NC(=O)OCC1c2ccccc2-c2ccccc21. The van der Waals surface area contributed by atoms with Gasteiger partial charge in [-0.1, -0.05) is 69.3 Å². The maximum atomic E-state index is 12.6. The van der Waals surface area contributed by atoms with Crippen LogP contribution in [0.15, 0.2) is 48.5 Å². The molecule has 0 radical (unpaired) electrons. The highest BCUT2D eigenvalue weighted by Gasteiger charge is 2.29. The quantitative estimate of drug-likeness (QED) is 0.399. The summed E-state index contributed by atoms with van der Waals surface area (Å²) in [5.41, 5.74) is 4.62. The lowest BCUT2D eigenvalue weighted by atomic mass is 9.94. The normalized spacial score (nSPS) is 14.1. The fourth-order valence-electron chi connectivity index (χ4n) is 4.81. The van der Waals surface area contributed by atoms with E-state index in [4.69, 9.17) is 9.84 Å². The molecule has 0 saturated heterocycles. The van der Waals surface area contributed by atoms with E-state index in [0.717, 1.165) is 17.5 Å². The molecule has 0 bridgehead atoms. The average molecular weight is 481 g/mol. The average Bonchev–Trinajstić information content (AvgIpc) is 3.14. The molecule has 35 heavy (non-hydrogen) atoms. The van der Waals surface area contributed by atoms with Gasteiger partial charge in [-0.05, 0) is 46.9 Å². The summed E-state index contributed by atoms with van der Waals surface area (Å²) in [6.07, 6.45) is 0.884. The zero-order valence-corrected chi connectivity index (χ0v) is 20.8. The maximum absolute atomic E-state index is 12.6. The number of alkyl carbamates (subject to hydrolysis) is 1. The molecule has 2 aromatic rings. The van der Waals surface area contributed by atoms with Gasteiger partial charge in [-0.2, -0.15) is 0 Å². The van der Waals surface area contributed by atoms with Gasteiger partial charge in [0.2, 0.25) is 5.91 Å². The molecule has 188 valence electrons. The van der Waals surface area contributed by atoms with Crippen molar-refractivity contribution >= 4 is 18.0 Å². The van der Waals surface area contributed by atoms with Gasteiger partial charge in [0.1, 0.15) is 6.61 Å². The third-order valence-corrected chi connectivity index (χ3v) is 6.45. The molecule has 0 heterocycles. The molecule has 2 aromatic carbocycles. The predicted molar refractivity (Wildman–Crippen MR) is 135 cm³/mol. The van der Waals surface area contributed by atoms with Gasteiger partial charge in [0.25, 0.3) is 0 Å². The van der Waals surface area contributed by atoms with Gasteiger partial charge in [-0.3, -0.25) is 9.59 Å². The van der Waals surface area contributed by atoms with Crippen molar-refractivity contribution < 1.29 is 24.2 Å². The number of carbonyl (C=O) groups excluding carboxylic acids is 2. The molecular weight excluding hydrogens is 444 g/mol. The number of hydrogen-bond acceptors (Lipinski definition) is 4. The van der Waals surface area contributed by atoms with E-state index in [1.54, 1.807) is 0 Å². The molecule has 1 aliphatic carbocycles. The smallest absolute Gasteiger partial charge is 0.407 e. The maximum Gasteiger partial charge on any atom is 0.407 e. The molecule has 0 aliphatic heterocycles. The van der Waals surface area contributed by atoms with Crippen molar-refractivity contribution in [2.24, 2.45) is 11.8 Å². The Kier molecular flexibility index (Phi) is 9.29. The minimum absolute atomic E-state index is 0.0215. The van der Waals surface area contributed by atoms with Crippen molar-refractivity contribution in [1.29, 1.82) is 0 Å². The van der Waals surface area contributed by atoms with Crippen LogP contribution in [-0.2, 0) is 14.3 Å². The van der Waals surface area contributed by atoms with E-state index >= 15 is 0 Å². The van der Waals surface area contributed by atoms with Crippen LogP contribution in [0.1, 0.15) is 63.5 Å². The number of carbonyl (C=O) groups is 3. The fourth-order valence-corrected chi connectivity index (χ4v) is 4.81. The first-order valence-electron chi connectivity index (χ1n) is 12.4. The van der Waals surface area contributed by atoms with Crippen LogP contribution >= 0.6 is 0 Å². The van der Waals surface area contributed by atoms with Gasteiger partial charge in [0, 0.05) is 31.3 Å². The molecule has 7 heteroatoms. The Morgan fingerprint density at radius 2 is 1.57 bits per heavy atom. The molecule has 0 spiro atoms. The topological polar surface area (TPSA) is 105 Å². The lowest BCUT2D eigenvalue weighted by Crippen LogP contribution is -2.40. The van der Waals surface area contributed by atoms with Crippen LogP contribution in [0.3, 0.4) is 0 Å².